The molecule has 106 valence electrons. The maximum atomic E-state index is 6.03. The number of nitrogen functional groups attached to an aromatic ring is 1. The first-order chi connectivity index (χ1) is 9.61. The van der Waals surface area contributed by atoms with Gasteiger partial charge in [-0.1, -0.05) is 29.3 Å². The largest absolute Gasteiger partial charge is 0.379 e. The third-order valence-electron chi connectivity index (χ3n) is 2.42. The summed E-state index contributed by atoms with van der Waals surface area (Å²) < 4.78 is 4.51. The van der Waals surface area contributed by atoms with E-state index in [-0.39, 0.29) is 12.4 Å². The van der Waals surface area contributed by atoms with Gasteiger partial charge in [0.2, 0.25) is 11.5 Å². The molecule has 9 heteroatoms. The fourth-order valence-corrected chi connectivity index (χ4v) is 1.87. The molecular formula is C11H12Cl2N5O2+. The lowest BCUT2D eigenvalue weighted by molar-refractivity contribution is -0.424. The molecule has 0 bridgehead atoms. The Balaban J connectivity index is 1.97. The van der Waals surface area contributed by atoms with Crippen LogP contribution in [-0.4, -0.2) is 23.2 Å². The highest BCUT2D eigenvalue weighted by Crippen LogP contribution is 2.21. The number of hydrogen-bond acceptors (Lipinski definition) is 5. The van der Waals surface area contributed by atoms with E-state index in [9.17, 15) is 0 Å². The van der Waals surface area contributed by atoms with Crippen molar-refractivity contribution in [3.8, 4) is 0 Å². The number of rotatable bonds is 4. The highest BCUT2D eigenvalue weighted by Gasteiger charge is 2.19. The second-order valence-electron chi connectivity index (χ2n) is 3.75. The lowest BCUT2D eigenvalue weighted by atomic mass is 10.2. The predicted octanol–water partition coefficient (Wildman–Crippen LogP) is 0.137. The van der Waals surface area contributed by atoms with Crippen LogP contribution in [0.15, 0.2) is 22.8 Å². The molecule has 0 saturated carbocycles. The van der Waals surface area contributed by atoms with Crippen molar-refractivity contribution in [1.82, 2.24) is 15.8 Å². The summed E-state index contributed by atoms with van der Waals surface area (Å²) in [6.07, 6.45) is 0. The molecule has 0 fully saturated rings. The molecule has 1 aromatic heterocycles. The first-order valence-corrected chi connectivity index (χ1v) is 6.32. The van der Waals surface area contributed by atoms with E-state index < -0.39 is 0 Å². The molecule has 4 N–H and O–H groups in total. The number of nitrogens with one attached hydrogen (secondary N) is 2. The lowest BCUT2D eigenvalue weighted by Crippen LogP contribution is -2.72. The minimum absolute atomic E-state index is 0.148. The molecule has 0 spiro atoms. The van der Waals surface area contributed by atoms with Crippen LogP contribution in [0, 0.1) is 0 Å². The molecule has 0 unspecified atom stereocenters. The quantitative estimate of drug-likeness (QED) is 0.421. The molecule has 0 radical (unpaired) electrons. The van der Waals surface area contributed by atoms with E-state index in [2.05, 4.69) is 25.4 Å². The highest BCUT2D eigenvalue weighted by molar-refractivity contribution is 6.35. The summed E-state index contributed by atoms with van der Waals surface area (Å²) in [6, 6.07) is 5.15. The van der Waals surface area contributed by atoms with Gasteiger partial charge < -0.3 is 5.73 Å². The fourth-order valence-electron chi connectivity index (χ4n) is 1.41. The van der Waals surface area contributed by atoms with Gasteiger partial charge in [0.1, 0.15) is 6.61 Å². The van der Waals surface area contributed by atoms with Gasteiger partial charge in [0, 0.05) is 15.6 Å². The Morgan fingerprint density at radius 2 is 2.25 bits per heavy atom. The van der Waals surface area contributed by atoms with Crippen molar-refractivity contribution in [2.24, 2.45) is 0 Å². The summed E-state index contributed by atoms with van der Waals surface area (Å²) in [7, 11) is 1.68. The number of nitrogens with zero attached hydrogens (tertiary/aromatic N) is 2. The summed E-state index contributed by atoms with van der Waals surface area (Å²) >= 11 is 11.8. The molecule has 20 heavy (non-hydrogen) atoms. The average Bonchev–Trinajstić information content (AvgIpc) is 2.83. The summed E-state index contributed by atoms with van der Waals surface area (Å²) in [4.78, 5) is 8.17. The number of benzene rings is 1. The standard InChI is InChI=1S/C11H11Cl2N5O2/c1-15-11(9-10(14)17-20-16-9)18-19-5-6-2-3-7(12)4-8(6)13/h2-4H,5H2,1H3,(H2,14,17)(H,15,18)/p+1. The first-order valence-electron chi connectivity index (χ1n) is 5.56. The molecule has 0 saturated heterocycles. The minimum Gasteiger partial charge on any atom is -0.379 e. The number of nitrogens with two attached hydrogens (primary N) is 1. The van der Waals surface area contributed by atoms with E-state index in [1.807, 2.05) is 0 Å². The van der Waals surface area contributed by atoms with Crippen LogP contribution in [-0.2, 0) is 11.4 Å². The second-order valence-corrected chi connectivity index (χ2v) is 4.59. The van der Waals surface area contributed by atoms with Gasteiger partial charge >= 0.3 is 5.84 Å². The van der Waals surface area contributed by atoms with E-state index in [4.69, 9.17) is 33.8 Å². The SMILES string of the molecule is C[NH+]=C(NOCc1ccc(Cl)cc1Cl)c1nonc1N. The molecule has 2 aromatic rings. The van der Waals surface area contributed by atoms with Gasteiger partial charge in [-0.2, -0.15) is 4.84 Å². The van der Waals surface area contributed by atoms with Gasteiger partial charge in [-0.05, 0) is 22.4 Å². The molecule has 0 aliphatic heterocycles. The van der Waals surface area contributed by atoms with Gasteiger partial charge in [0.25, 0.3) is 0 Å². The topological polar surface area (TPSA) is 100 Å². The Morgan fingerprint density at radius 1 is 1.45 bits per heavy atom. The fraction of sp³-hybridized carbons (Fsp3) is 0.182. The van der Waals surface area contributed by atoms with E-state index in [0.29, 0.717) is 21.6 Å². The maximum Gasteiger partial charge on any atom is 0.331 e. The Morgan fingerprint density at radius 3 is 2.85 bits per heavy atom. The van der Waals surface area contributed by atoms with Crippen molar-refractivity contribution in [2.45, 2.75) is 6.61 Å². The summed E-state index contributed by atoms with van der Waals surface area (Å²) in [5.41, 5.74) is 9.37. The van der Waals surface area contributed by atoms with Crippen LogP contribution in [0.25, 0.3) is 0 Å². The summed E-state index contributed by atoms with van der Waals surface area (Å²) in [6.45, 7) is 0.229. The predicted molar refractivity (Wildman–Crippen MR) is 74.1 cm³/mol. The molecule has 0 aliphatic carbocycles. The lowest BCUT2D eigenvalue weighted by Gasteiger charge is -2.04. The van der Waals surface area contributed by atoms with Crippen molar-refractivity contribution < 1.29 is 14.5 Å². The van der Waals surface area contributed by atoms with Crippen molar-refractivity contribution in [1.29, 1.82) is 0 Å². The van der Waals surface area contributed by atoms with Crippen molar-refractivity contribution in [3.05, 3.63) is 39.5 Å². The van der Waals surface area contributed by atoms with E-state index >= 15 is 0 Å². The van der Waals surface area contributed by atoms with Crippen LogP contribution in [0.3, 0.4) is 0 Å². The number of anilines is 1. The first kappa shape index (κ1) is 14.6. The number of aromatic nitrogens is 2. The van der Waals surface area contributed by atoms with E-state index in [1.165, 1.54) is 0 Å². The summed E-state index contributed by atoms with van der Waals surface area (Å²) in [5.74, 6) is 0.573. The maximum absolute atomic E-state index is 6.03. The third-order valence-corrected chi connectivity index (χ3v) is 3.00. The number of hydroxylamine groups is 1. The second kappa shape index (κ2) is 6.56. The Hall–Kier alpha value is -1.83. The van der Waals surface area contributed by atoms with Gasteiger partial charge in [-0.15, -0.1) is 5.48 Å². The Labute approximate surface area is 124 Å². The van der Waals surface area contributed by atoms with Gasteiger partial charge in [-0.3, -0.25) is 4.99 Å². The van der Waals surface area contributed by atoms with Crippen LogP contribution < -0.4 is 16.2 Å². The zero-order chi connectivity index (χ0) is 14.5. The molecule has 0 amide bonds. The van der Waals surface area contributed by atoms with Crippen LogP contribution in [0.2, 0.25) is 10.0 Å². The average molecular weight is 317 g/mol. The Bertz CT molecular complexity index is 629. The van der Waals surface area contributed by atoms with Crippen molar-refractivity contribution >= 4 is 34.9 Å². The molecule has 0 atom stereocenters. The van der Waals surface area contributed by atoms with Gasteiger partial charge in [-0.25, -0.2) is 4.63 Å². The normalized spacial score (nSPS) is 11.7. The van der Waals surface area contributed by atoms with Crippen LogP contribution in [0.1, 0.15) is 11.3 Å². The van der Waals surface area contributed by atoms with Crippen molar-refractivity contribution in [3.63, 3.8) is 0 Å². The van der Waals surface area contributed by atoms with Crippen molar-refractivity contribution in [2.75, 3.05) is 12.8 Å². The number of amidine groups is 1. The zero-order valence-electron chi connectivity index (χ0n) is 10.5. The molecule has 2 rings (SSSR count). The molecule has 1 aromatic carbocycles. The summed E-state index contributed by atoms with van der Waals surface area (Å²) in [5, 5.41) is 8.21. The van der Waals surface area contributed by atoms with Crippen LogP contribution in [0.5, 0.6) is 0 Å². The minimum atomic E-state index is 0.148. The molecule has 7 nitrogen and oxygen atoms in total. The van der Waals surface area contributed by atoms with E-state index in [0.717, 1.165) is 5.56 Å². The number of hydrogen-bond donors (Lipinski definition) is 3. The monoisotopic (exact) mass is 316 g/mol. The third kappa shape index (κ3) is 3.38. The van der Waals surface area contributed by atoms with E-state index in [1.54, 1.807) is 25.2 Å². The van der Waals surface area contributed by atoms with Crippen LogP contribution >= 0.6 is 23.2 Å². The molecule has 1 heterocycles. The molecule has 0 aliphatic rings. The van der Waals surface area contributed by atoms with Gasteiger partial charge in [0.15, 0.2) is 0 Å². The van der Waals surface area contributed by atoms with Crippen LogP contribution in [0.4, 0.5) is 5.82 Å². The Kier molecular flexibility index (Phi) is 4.78. The highest BCUT2D eigenvalue weighted by atomic mass is 35.5. The zero-order valence-corrected chi connectivity index (χ0v) is 12.0. The number of halogens is 2. The van der Waals surface area contributed by atoms with Gasteiger partial charge in [0.05, 0.1) is 7.05 Å². The molecular weight excluding hydrogens is 305 g/mol. The smallest absolute Gasteiger partial charge is 0.331 e.